The van der Waals surface area contributed by atoms with Gasteiger partial charge < -0.3 is 5.32 Å². The van der Waals surface area contributed by atoms with E-state index in [1.165, 1.54) is 0 Å². The average Bonchev–Trinajstić information content (AvgIpc) is 2.91. The average molecular weight is 382 g/mol. The van der Waals surface area contributed by atoms with Crippen molar-refractivity contribution in [2.45, 2.75) is 26.3 Å². The third-order valence-electron chi connectivity index (χ3n) is 4.90. The molecule has 0 aliphatic carbocycles. The quantitative estimate of drug-likeness (QED) is 0.775. The first-order chi connectivity index (χ1) is 13.0. The molecule has 0 aromatic heterocycles. The first kappa shape index (κ1) is 19.2. The molecule has 5 nitrogen and oxygen atoms in total. The van der Waals surface area contributed by atoms with Gasteiger partial charge in [-0.25, -0.2) is 0 Å². The molecule has 1 aliphatic heterocycles. The smallest absolute Gasteiger partial charge is 0.262 e. The maximum absolute atomic E-state index is 13.0. The van der Waals surface area contributed by atoms with Crippen molar-refractivity contribution in [2.24, 2.45) is 0 Å². The lowest BCUT2D eigenvalue weighted by atomic mass is 10.1. The van der Waals surface area contributed by atoms with Gasteiger partial charge >= 0.3 is 0 Å². The lowest BCUT2D eigenvalue weighted by Gasteiger charge is -2.25. The Morgan fingerprint density at radius 2 is 1.67 bits per heavy atom. The van der Waals surface area contributed by atoms with Gasteiger partial charge in [-0.05, 0) is 61.6 Å². The number of nitrogens with zero attached hydrogens (tertiary/aromatic N) is 1. The van der Waals surface area contributed by atoms with Crippen LogP contribution < -0.4 is 5.32 Å². The molecular weight excluding hydrogens is 360 g/mol. The Morgan fingerprint density at radius 3 is 2.26 bits per heavy atom. The minimum atomic E-state index is -0.843. The van der Waals surface area contributed by atoms with Crippen LogP contribution in [0.3, 0.4) is 0 Å². The van der Waals surface area contributed by atoms with E-state index in [1.54, 1.807) is 36.0 Å². The number of carbonyl (C=O) groups excluding carboxylic acids is 3. The maximum Gasteiger partial charge on any atom is 0.262 e. The summed E-state index contributed by atoms with van der Waals surface area (Å²) in [5, 5.41) is 2.91. The second kappa shape index (κ2) is 7.96. The van der Waals surface area contributed by atoms with Crippen LogP contribution in [0.25, 0.3) is 0 Å². The lowest BCUT2D eigenvalue weighted by Crippen LogP contribution is -2.47. The van der Waals surface area contributed by atoms with E-state index in [9.17, 15) is 14.4 Å². The molecule has 0 saturated carbocycles. The van der Waals surface area contributed by atoms with Crippen molar-refractivity contribution in [3.8, 4) is 0 Å². The van der Waals surface area contributed by atoms with Crippen molar-refractivity contribution in [2.75, 3.05) is 17.3 Å². The molecule has 1 N–H and O–H groups in total. The second-order valence-electron chi connectivity index (χ2n) is 6.56. The van der Waals surface area contributed by atoms with Crippen LogP contribution in [0.15, 0.2) is 42.5 Å². The van der Waals surface area contributed by atoms with E-state index >= 15 is 0 Å². The molecule has 27 heavy (non-hydrogen) atoms. The monoisotopic (exact) mass is 382 g/mol. The highest BCUT2D eigenvalue weighted by atomic mass is 32.2. The SMILES string of the molecule is CSCC[C@H](C(=O)Nc1cccc(C)c1C)N1C(=O)c2ccccc2C1=O. The zero-order chi connectivity index (χ0) is 19.6. The fraction of sp³-hybridized carbons (Fsp3) is 0.286. The summed E-state index contributed by atoms with van der Waals surface area (Å²) < 4.78 is 0. The summed E-state index contributed by atoms with van der Waals surface area (Å²) in [5.74, 6) is -0.485. The van der Waals surface area contributed by atoms with Gasteiger partial charge in [0, 0.05) is 5.69 Å². The number of hydrogen-bond acceptors (Lipinski definition) is 4. The number of aryl methyl sites for hydroxylation is 1. The second-order valence-corrected chi connectivity index (χ2v) is 7.55. The maximum atomic E-state index is 13.0. The zero-order valence-corrected chi connectivity index (χ0v) is 16.4. The molecule has 0 unspecified atom stereocenters. The molecule has 3 amide bonds. The number of rotatable bonds is 6. The standard InChI is InChI=1S/C21H22N2O3S/c1-13-7-6-10-17(14(13)2)22-19(24)18(11-12-27-3)23-20(25)15-8-4-5-9-16(15)21(23)26/h4-10,18H,11-12H2,1-3H3,(H,22,24)/t18-/m1/s1. The first-order valence-electron chi connectivity index (χ1n) is 8.78. The van der Waals surface area contributed by atoms with E-state index in [0.717, 1.165) is 16.0 Å². The molecule has 140 valence electrons. The molecule has 2 aromatic rings. The van der Waals surface area contributed by atoms with Crippen LogP contribution in [0.1, 0.15) is 38.3 Å². The molecule has 2 aromatic carbocycles. The Kier molecular flexibility index (Phi) is 5.65. The molecular formula is C21H22N2O3S. The highest BCUT2D eigenvalue weighted by molar-refractivity contribution is 7.98. The van der Waals surface area contributed by atoms with Gasteiger partial charge in [0.25, 0.3) is 11.8 Å². The van der Waals surface area contributed by atoms with Crippen molar-refractivity contribution in [3.05, 3.63) is 64.7 Å². The minimum Gasteiger partial charge on any atom is -0.324 e. The van der Waals surface area contributed by atoms with Gasteiger partial charge in [-0.1, -0.05) is 24.3 Å². The molecule has 1 heterocycles. The Balaban J connectivity index is 1.90. The number of imide groups is 1. The van der Waals surface area contributed by atoms with Gasteiger partial charge in [-0.2, -0.15) is 11.8 Å². The number of hydrogen-bond donors (Lipinski definition) is 1. The summed E-state index contributed by atoms with van der Waals surface area (Å²) in [4.78, 5) is 39.8. The normalized spacial score (nSPS) is 14.3. The molecule has 1 aliphatic rings. The van der Waals surface area contributed by atoms with Crippen molar-refractivity contribution >= 4 is 35.2 Å². The van der Waals surface area contributed by atoms with Gasteiger partial charge in [0.2, 0.25) is 5.91 Å². The van der Waals surface area contributed by atoms with E-state index in [4.69, 9.17) is 0 Å². The summed E-state index contributed by atoms with van der Waals surface area (Å²) >= 11 is 1.58. The zero-order valence-electron chi connectivity index (χ0n) is 15.6. The Labute approximate surface area is 163 Å². The van der Waals surface area contributed by atoms with Crippen molar-refractivity contribution in [1.29, 1.82) is 0 Å². The van der Waals surface area contributed by atoms with Crippen LogP contribution in [0.2, 0.25) is 0 Å². The van der Waals surface area contributed by atoms with E-state index in [-0.39, 0.29) is 5.91 Å². The number of amides is 3. The van der Waals surface area contributed by atoms with Crippen molar-refractivity contribution < 1.29 is 14.4 Å². The number of thioether (sulfide) groups is 1. The lowest BCUT2D eigenvalue weighted by molar-refractivity contribution is -0.120. The molecule has 0 bridgehead atoms. The number of benzene rings is 2. The summed E-state index contributed by atoms with van der Waals surface area (Å²) in [6.07, 6.45) is 2.34. The molecule has 0 saturated heterocycles. The summed E-state index contributed by atoms with van der Waals surface area (Å²) in [6, 6.07) is 11.5. The van der Waals surface area contributed by atoms with Gasteiger partial charge in [0.15, 0.2) is 0 Å². The number of nitrogens with one attached hydrogen (secondary N) is 1. The van der Waals surface area contributed by atoms with Crippen LogP contribution in [0, 0.1) is 13.8 Å². The van der Waals surface area contributed by atoms with E-state index in [0.29, 0.717) is 29.0 Å². The van der Waals surface area contributed by atoms with Gasteiger partial charge in [0.05, 0.1) is 11.1 Å². The fourth-order valence-corrected chi connectivity index (χ4v) is 3.66. The fourth-order valence-electron chi connectivity index (χ4n) is 3.20. The highest BCUT2D eigenvalue weighted by Crippen LogP contribution is 2.27. The third kappa shape index (κ3) is 3.62. The van der Waals surface area contributed by atoms with Gasteiger partial charge in [-0.3, -0.25) is 19.3 Å². The van der Waals surface area contributed by atoms with Crippen molar-refractivity contribution in [1.82, 2.24) is 4.90 Å². The third-order valence-corrected chi connectivity index (χ3v) is 5.54. The Morgan fingerprint density at radius 1 is 1.04 bits per heavy atom. The van der Waals surface area contributed by atoms with Crippen LogP contribution in [-0.2, 0) is 4.79 Å². The number of anilines is 1. The number of fused-ring (bicyclic) bond motifs is 1. The topological polar surface area (TPSA) is 66.5 Å². The molecule has 0 radical (unpaired) electrons. The minimum absolute atomic E-state index is 0.341. The first-order valence-corrected chi connectivity index (χ1v) is 10.2. The van der Waals surface area contributed by atoms with Gasteiger partial charge in [-0.15, -0.1) is 0 Å². The Hall–Kier alpha value is -2.60. The van der Waals surface area contributed by atoms with Crippen LogP contribution in [0.4, 0.5) is 5.69 Å². The molecule has 1 atom stereocenters. The largest absolute Gasteiger partial charge is 0.324 e. The van der Waals surface area contributed by atoms with E-state index in [2.05, 4.69) is 5.32 Å². The summed E-state index contributed by atoms with van der Waals surface area (Å²) in [6.45, 7) is 3.91. The van der Waals surface area contributed by atoms with Crippen molar-refractivity contribution in [3.63, 3.8) is 0 Å². The van der Waals surface area contributed by atoms with Crippen LogP contribution in [-0.4, -0.2) is 40.7 Å². The van der Waals surface area contributed by atoms with Crippen LogP contribution >= 0.6 is 11.8 Å². The Bertz CT molecular complexity index is 875. The van der Waals surface area contributed by atoms with Gasteiger partial charge in [0.1, 0.15) is 6.04 Å². The summed E-state index contributed by atoms with van der Waals surface area (Å²) in [7, 11) is 0. The highest BCUT2D eigenvalue weighted by Gasteiger charge is 2.42. The van der Waals surface area contributed by atoms with E-state index < -0.39 is 17.9 Å². The molecule has 0 spiro atoms. The predicted octanol–water partition coefficient (Wildman–Crippen LogP) is 3.66. The number of carbonyl (C=O) groups is 3. The van der Waals surface area contributed by atoms with Crippen LogP contribution in [0.5, 0.6) is 0 Å². The molecule has 3 rings (SSSR count). The molecule has 0 fully saturated rings. The summed E-state index contributed by atoms with van der Waals surface area (Å²) in [5.41, 5.74) is 3.45. The molecule has 6 heteroatoms. The predicted molar refractivity (Wildman–Crippen MR) is 108 cm³/mol. The van der Waals surface area contributed by atoms with E-state index in [1.807, 2.05) is 38.3 Å².